The first-order valence-corrected chi connectivity index (χ1v) is 8.63. The summed E-state index contributed by atoms with van der Waals surface area (Å²) < 4.78 is 0. The summed E-state index contributed by atoms with van der Waals surface area (Å²) in [6, 6.07) is 8.13. The number of aryl methyl sites for hydroxylation is 2. The average Bonchev–Trinajstić information content (AvgIpc) is 2.70. The minimum Gasteiger partial charge on any atom is -0.246 e. The summed E-state index contributed by atoms with van der Waals surface area (Å²) in [7, 11) is 0. The third-order valence-electron chi connectivity index (χ3n) is 3.19. The first-order chi connectivity index (χ1) is 9.08. The number of halogens is 2. The normalized spacial score (nSPS) is 12.6. The van der Waals surface area contributed by atoms with Crippen molar-refractivity contribution < 1.29 is 0 Å². The molecule has 0 N–H and O–H groups in total. The maximum atomic E-state index is 5.91. The molecule has 4 heteroatoms. The molecule has 0 aliphatic rings. The monoisotopic (exact) mass is 357 g/mol. The van der Waals surface area contributed by atoms with Crippen LogP contribution < -0.4 is 0 Å². The number of aromatic nitrogens is 1. The molecule has 1 aromatic carbocycles. The summed E-state index contributed by atoms with van der Waals surface area (Å²) in [5.41, 5.74) is 2.50. The predicted octanol–water partition coefficient (Wildman–Crippen LogP) is 5.21. The van der Waals surface area contributed by atoms with Gasteiger partial charge in [0.15, 0.2) is 0 Å². The molecular formula is C15H17BrClNS. The smallest absolute Gasteiger partial charge is 0.0934 e. The lowest BCUT2D eigenvalue weighted by Gasteiger charge is -2.12. The highest BCUT2D eigenvalue weighted by atomic mass is 79.9. The minimum atomic E-state index is 0.575. The highest BCUT2D eigenvalue weighted by molar-refractivity contribution is 9.09. The van der Waals surface area contributed by atoms with Gasteiger partial charge in [-0.15, -0.1) is 11.3 Å². The van der Waals surface area contributed by atoms with Crippen LogP contribution in [0, 0.1) is 19.8 Å². The number of thiazole rings is 1. The Balaban J connectivity index is 2.02. The molecule has 0 aliphatic carbocycles. The van der Waals surface area contributed by atoms with Gasteiger partial charge < -0.3 is 0 Å². The van der Waals surface area contributed by atoms with Gasteiger partial charge in [0, 0.05) is 21.7 Å². The Morgan fingerprint density at radius 1 is 1.21 bits per heavy atom. The van der Waals surface area contributed by atoms with Gasteiger partial charge in [0.2, 0.25) is 0 Å². The lowest BCUT2D eigenvalue weighted by atomic mass is 9.98. The fourth-order valence-electron chi connectivity index (χ4n) is 2.01. The van der Waals surface area contributed by atoms with Crippen molar-refractivity contribution in [3.8, 4) is 0 Å². The van der Waals surface area contributed by atoms with Gasteiger partial charge in [-0.1, -0.05) is 39.7 Å². The Labute approximate surface area is 132 Å². The molecule has 2 rings (SSSR count). The maximum Gasteiger partial charge on any atom is 0.0934 e. The highest BCUT2D eigenvalue weighted by Crippen LogP contribution is 2.23. The maximum absolute atomic E-state index is 5.91. The third-order valence-corrected chi connectivity index (χ3v) is 5.45. The van der Waals surface area contributed by atoms with Crippen LogP contribution >= 0.6 is 38.9 Å². The first kappa shape index (κ1) is 15.0. The molecule has 1 nitrogen and oxygen atoms in total. The average molecular weight is 359 g/mol. The number of nitrogens with zero attached hydrogens (tertiary/aromatic N) is 1. The zero-order valence-corrected chi connectivity index (χ0v) is 14.3. The van der Waals surface area contributed by atoms with E-state index < -0.39 is 0 Å². The van der Waals surface area contributed by atoms with Crippen LogP contribution in [0.4, 0.5) is 0 Å². The fourth-order valence-corrected chi connectivity index (χ4v) is 3.64. The van der Waals surface area contributed by atoms with Crippen molar-refractivity contribution in [3.05, 3.63) is 50.4 Å². The van der Waals surface area contributed by atoms with Crippen LogP contribution in [0.15, 0.2) is 24.3 Å². The van der Waals surface area contributed by atoms with E-state index in [1.807, 2.05) is 23.5 Å². The standard InChI is InChI=1S/C15H17BrClNS/c1-10-11(2)19-15(18-10)8-13(9-16)7-12-3-5-14(17)6-4-12/h3-6,13H,7-9H2,1-2H3. The fraction of sp³-hybridized carbons (Fsp3) is 0.400. The SMILES string of the molecule is Cc1nc(CC(CBr)Cc2ccc(Cl)cc2)sc1C. The van der Waals surface area contributed by atoms with Crippen LogP contribution in [-0.4, -0.2) is 10.3 Å². The van der Waals surface area contributed by atoms with E-state index in [1.165, 1.54) is 21.1 Å². The summed E-state index contributed by atoms with van der Waals surface area (Å²) >= 11 is 11.4. The molecule has 1 unspecified atom stereocenters. The minimum absolute atomic E-state index is 0.575. The van der Waals surface area contributed by atoms with Crippen LogP contribution in [-0.2, 0) is 12.8 Å². The van der Waals surface area contributed by atoms with E-state index in [-0.39, 0.29) is 0 Å². The molecule has 1 heterocycles. The molecule has 0 fully saturated rings. The van der Waals surface area contributed by atoms with Crippen molar-refractivity contribution >= 4 is 38.9 Å². The molecule has 0 radical (unpaired) electrons. The van der Waals surface area contributed by atoms with Gasteiger partial charge in [0.1, 0.15) is 0 Å². The zero-order chi connectivity index (χ0) is 13.8. The molecule has 1 atom stereocenters. The Kier molecular flexibility index (Phi) is 5.43. The largest absolute Gasteiger partial charge is 0.246 e. The van der Waals surface area contributed by atoms with Crippen LogP contribution in [0.2, 0.25) is 5.02 Å². The van der Waals surface area contributed by atoms with Gasteiger partial charge in [-0.3, -0.25) is 0 Å². The van der Waals surface area contributed by atoms with Gasteiger partial charge in [0.25, 0.3) is 0 Å². The van der Waals surface area contributed by atoms with Gasteiger partial charge in [-0.25, -0.2) is 4.98 Å². The second-order valence-electron chi connectivity index (χ2n) is 4.80. The Hall–Kier alpha value is -0.380. The zero-order valence-electron chi connectivity index (χ0n) is 11.1. The molecule has 1 aromatic heterocycles. The van der Waals surface area contributed by atoms with E-state index >= 15 is 0 Å². The Bertz CT molecular complexity index is 516. The summed E-state index contributed by atoms with van der Waals surface area (Å²) in [5, 5.41) is 3.03. The number of alkyl halides is 1. The van der Waals surface area contributed by atoms with E-state index in [1.54, 1.807) is 0 Å². The lowest BCUT2D eigenvalue weighted by molar-refractivity contribution is 0.589. The summed E-state index contributed by atoms with van der Waals surface area (Å²) in [4.78, 5) is 5.96. The predicted molar refractivity (Wildman–Crippen MR) is 87.7 cm³/mol. The quantitative estimate of drug-likeness (QED) is 0.669. The van der Waals surface area contributed by atoms with Crippen molar-refractivity contribution in [2.24, 2.45) is 5.92 Å². The van der Waals surface area contributed by atoms with E-state index in [0.717, 1.165) is 23.2 Å². The highest BCUT2D eigenvalue weighted by Gasteiger charge is 2.13. The second kappa shape index (κ2) is 6.87. The van der Waals surface area contributed by atoms with Gasteiger partial charge in [-0.2, -0.15) is 0 Å². The molecule has 0 spiro atoms. The van der Waals surface area contributed by atoms with Gasteiger partial charge in [0.05, 0.1) is 10.7 Å². The van der Waals surface area contributed by atoms with E-state index in [2.05, 4.69) is 46.9 Å². The molecule has 0 saturated carbocycles. The number of hydrogen-bond acceptors (Lipinski definition) is 2. The van der Waals surface area contributed by atoms with Crippen LogP contribution in [0.3, 0.4) is 0 Å². The summed E-state index contributed by atoms with van der Waals surface area (Å²) in [5.74, 6) is 0.575. The summed E-state index contributed by atoms with van der Waals surface area (Å²) in [6.07, 6.45) is 2.09. The van der Waals surface area contributed by atoms with E-state index in [0.29, 0.717) is 5.92 Å². The molecule has 0 amide bonds. The van der Waals surface area contributed by atoms with Crippen molar-refractivity contribution in [1.82, 2.24) is 4.98 Å². The molecule has 102 valence electrons. The molecule has 0 bridgehead atoms. The molecule has 2 aromatic rings. The molecular weight excluding hydrogens is 342 g/mol. The van der Waals surface area contributed by atoms with Gasteiger partial charge in [-0.05, 0) is 43.9 Å². The van der Waals surface area contributed by atoms with Crippen LogP contribution in [0.25, 0.3) is 0 Å². The molecule has 0 aliphatic heterocycles. The Morgan fingerprint density at radius 3 is 2.42 bits per heavy atom. The van der Waals surface area contributed by atoms with Crippen LogP contribution in [0.1, 0.15) is 21.1 Å². The van der Waals surface area contributed by atoms with Crippen molar-refractivity contribution in [3.63, 3.8) is 0 Å². The number of rotatable bonds is 5. The van der Waals surface area contributed by atoms with Gasteiger partial charge >= 0.3 is 0 Å². The first-order valence-electron chi connectivity index (χ1n) is 6.31. The number of hydrogen-bond donors (Lipinski definition) is 0. The second-order valence-corrected chi connectivity index (χ2v) is 7.18. The Morgan fingerprint density at radius 2 is 1.89 bits per heavy atom. The number of benzene rings is 1. The molecule has 0 saturated heterocycles. The van der Waals surface area contributed by atoms with Crippen molar-refractivity contribution in [2.75, 3.05) is 5.33 Å². The van der Waals surface area contributed by atoms with Crippen molar-refractivity contribution in [2.45, 2.75) is 26.7 Å². The lowest BCUT2D eigenvalue weighted by Crippen LogP contribution is -2.09. The third kappa shape index (κ3) is 4.30. The van der Waals surface area contributed by atoms with Crippen molar-refractivity contribution in [1.29, 1.82) is 0 Å². The molecule has 19 heavy (non-hydrogen) atoms. The van der Waals surface area contributed by atoms with Crippen LogP contribution in [0.5, 0.6) is 0 Å². The summed E-state index contributed by atoms with van der Waals surface area (Å²) in [6.45, 7) is 4.22. The topological polar surface area (TPSA) is 12.9 Å². The van der Waals surface area contributed by atoms with E-state index in [9.17, 15) is 0 Å². The van der Waals surface area contributed by atoms with E-state index in [4.69, 9.17) is 11.6 Å².